The minimum absolute atomic E-state index is 0.144. The predicted molar refractivity (Wildman–Crippen MR) is 136 cm³/mol. The summed E-state index contributed by atoms with van der Waals surface area (Å²) < 4.78 is 11.3. The highest BCUT2D eigenvalue weighted by molar-refractivity contribution is 5.96. The molecule has 0 aromatic heterocycles. The minimum atomic E-state index is -0.631. The first-order valence-corrected chi connectivity index (χ1v) is 13.0. The fourth-order valence-corrected chi connectivity index (χ4v) is 7.16. The number of hydrogen-bond acceptors (Lipinski definition) is 5. The Morgan fingerprint density at radius 1 is 1.00 bits per heavy atom. The van der Waals surface area contributed by atoms with Crippen molar-refractivity contribution in [1.29, 1.82) is 0 Å². The van der Waals surface area contributed by atoms with Gasteiger partial charge in [-0.3, -0.25) is 4.79 Å². The van der Waals surface area contributed by atoms with Gasteiger partial charge in [-0.25, -0.2) is 0 Å². The van der Waals surface area contributed by atoms with Gasteiger partial charge in [0, 0.05) is 25.2 Å². The van der Waals surface area contributed by atoms with Crippen LogP contribution < -0.4 is 20.1 Å². The molecule has 1 amide bonds. The standard InChI is InChI=1S/C29H38N2O4/c1-34-26-8-4-2-6-23(26)16-31-28(33)25-7-3-5-9-27(25)35-18-24(32)17-30-19-29-13-20-10-21(14-29)12-22(11-20)15-29/h2-9,20-22,24,30,32H,10-19H2,1H3,(H,31,33). The molecule has 3 N–H and O–H groups in total. The molecule has 0 radical (unpaired) electrons. The Labute approximate surface area is 208 Å². The van der Waals surface area contributed by atoms with Crippen molar-refractivity contribution in [3.63, 3.8) is 0 Å². The van der Waals surface area contributed by atoms with E-state index in [2.05, 4.69) is 10.6 Å². The zero-order valence-electron chi connectivity index (χ0n) is 20.7. The third kappa shape index (κ3) is 5.65. The molecule has 35 heavy (non-hydrogen) atoms. The summed E-state index contributed by atoms with van der Waals surface area (Å²) in [6, 6.07) is 14.8. The second-order valence-corrected chi connectivity index (χ2v) is 11.0. The Balaban J connectivity index is 1.10. The van der Waals surface area contributed by atoms with Crippen molar-refractivity contribution in [2.75, 3.05) is 26.8 Å². The van der Waals surface area contributed by atoms with Gasteiger partial charge < -0.3 is 25.2 Å². The molecule has 0 aliphatic heterocycles. The lowest BCUT2D eigenvalue weighted by Gasteiger charge is -2.57. The lowest BCUT2D eigenvalue weighted by molar-refractivity contribution is -0.0524. The van der Waals surface area contributed by atoms with Gasteiger partial charge in [-0.15, -0.1) is 0 Å². The van der Waals surface area contributed by atoms with Crippen LogP contribution in [0, 0.1) is 23.2 Å². The van der Waals surface area contributed by atoms with E-state index in [0.29, 0.717) is 29.8 Å². The van der Waals surface area contributed by atoms with Gasteiger partial charge in [0.25, 0.3) is 5.91 Å². The molecule has 4 saturated carbocycles. The number of benzene rings is 2. The summed E-state index contributed by atoms with van der Waals surface area (Å²) in [5.41, 5.74) is 1.81. The zero-order valence-corrected chi connectivity index (χ0v) is 20.7. The molecule has 4 bridgehead atoms. The molecule has 0 heterocycles. The minimum Gasteiger partial charge on any atom is -0.496 e. The summed E-state index contributed by atoms with van der Waals surface area (Å²) >= 11 is 0. The van der Waals surface area contributed by atoms with Crippen LogP contribution in [0.5, 0.6) is 11.5 Å². The molecule has 0 spiro atoms. The molecule has 2 aromatic carbocycles. The number of rotatable bonds is 11. The van der Waals surface area contributed by atoms with Crippen molar-refractivity contribution in [2.45, 2.75) is 51.2 Å². The monoisotopic (exact) mass is 478 g/mol. The number of aliphatic hydroxyl groups is 1. The van der Waals surface area contributed by atoms with Crippen LogP contribution >= 0.6 is 0 Å². The number of aliphatic hydroxyl groups excluding tert-OH is 1. The van der Waals surface area contributed by atoms with Crippen LogP contribution in [0.4, 0.5) is 0 Å². The predicted octanol–water partition coefficient (Wildman–Crippen LogP) is 4.17. The van der Waals surface area contributed by atoms with Crippen LogP contribution in [-0.2, 0) is 6.54 Å². The van der Waals surface area contributed by atoms with Crippen LogP contribution in [0.1, 0.15) is 54.4 Å². The van der Waals surface area contributed by atoms with Gasteiger partial charge in [0.05, 0.1) is 12.7 Å². The van der Waals surface area contributed by atoms with E-state index in [1.807, 2.05) is 36.4 Å². The summed E-state index contributed by atoms with van der Waals surface area (Å²) in [5.74, 6) is 3.79. The highest BCUT2D eigenvalue weighted by Crippen LogP contribution is 2.59. The molecule has 6 rings (SSSR count). The van der Waals surface area contributed by atoms with Crippen molar-refractivity contribution >= 4 is 5.91 Å². The van der Waals surface area contributed by atoms with Gasteiger partial charge in [-0.1, -0.05) is 30.3 Å². The van der Waals surface area contributed by atoms with Crippen molar-refractivity contribution in [3.05, 3.63) is 59.7 Å². The average molecular weight is 479 g/mol. The summed E-state index contributed by atoms with van der Waals surface area (Å²) in [6.07, 6.45) is 7.78. The fraction of sp³-hybridized carbons (Fsp3) is 0.552. The van der Waals surface area contributed by atoms with E-state index in [0.717, 1.165) is 35.6 Å². The van der Waals surface area contributed by atoms with E-state index < -0.39 is 6.10 Å². The Bertz CT molecular complexity index is 988. The van der Waals surface area contributed by atoms with Gasteiger partial charge in [0.15, 0.2) is 0 Å². The third-order valence-electron chi connectivity index (χ3n) is 8.24. The van der Waals surface area contributed by atoms with E-state index in [1.54, 1.807) is 19.2 Å². The largest absolute Gasteiger partial charge is 0.496 e. The Morgan fingerprint density at radius 3 is 2.31 bits per heavy atom. The van der Waals surface area contributed by atoms with Crippen molar-refractivity contribution in [1.82, 2.24) is 10.6 Å². The van der Waals surface area contributed by atoms with Gasteiger partial charge in [-0.2, -0.15) is 0 Å². The Morgan fingerprint density at radius 2 is 1.63 bits per heavy atom. The highest BCUT2D eigenvalue weighted by atomic mass is 16.5. The fourth-order valence-electron chi connectivity index (χ4n) is 7.16. The molecular weight excluding hydrogens is 440 g/mol. The lowest BCUT2D eigenvalue weighted by Crippen LogP contribution is -2.51. The third-order valence-corrected chi connectivity index (χ3v) is 8.24. The zero-order chi connectivity index (χ0) is 24.3. The van der Waals surface area contributed by atoms with Gasteiger partial charge >= 0.3 is 0 Å². The molecule has 2 aromatic rings. The topological polar surface area (TPSA) is 79.8 Å². The maximum Gasteiger partial charge on any atom is 0.255 e. The molecular formula is C29H38N2O4. The Kier molecular flexibility index (Phi) is 7.30. The SMILES string of the molecule is COc1ccccc1CNC(=O)c1ccccc1OCC(O)CNCC12CC3CC(CC(C3)C1)C2. The quantitative estimate of drug-likeness (QED) is 0.452. The number of nitrogens with one attached hydrogen (secondary N) is 2. The number of ether oxygens (including phenoxy) is 2. The molecule has 6 nitrogen and oxygen atoms in total. The number of amides is 1. The second-order valence-electron chi connectivity index (χ2n) is 11.0. The molecule has 0 saturated heterocycles. The molecule has 1 atom stereocenters. The number of methoxy groups -OCH3 is 1. The lowest BCUT2D eigenvalue weighted by atomic mass is 9.49. The van der Waals surface area contributed by atoms with Crippen LogP contribution in [0.25, 0.3) is 0 Å². The summed E-state index contributed by atoms with van der Waals surface area (Å²) in [5, 5.41) is 17.0. The van der Waals surface area contributed by atoms with E-state index in [9.17, 15) is 9.90 Å². The van der Waals surface area contributed by atoms with E-state index >= 15 is 0 Å². The molecule has 4 aliphatic carbocycles. The first-order chi connectivity index (χ1) is 17.0. The average Bonchev–Trinajstić information content (AvgIpc) is 2.85. The smallest absolute Gasteiger partial charge is 0.255 e. The number of carbonyl (C=O) groups is 1. The highest BCUT2D eigenvalue weighted by Gasteiger charge is 2.50. The molecule has 6 heteroatoms. The van der Waals surface area contributed by atoms with E-state index in [1.165, 1.54) is 38.5 Å². The molecule has 1 unspecified atom stereocenters. The number of para-hydroxylation sites is 2. The summed E-state index contributed by atoms with van der Waals surface area (Å²) in [4.78, 5) is 12.9. The molecule has 188 valence electrons. The van der Waals surface area contributed by atoms with Crippen LogP contribution in [0.3, 0.4) is 0 Å². The van der Waals surface area contributed by atoms with Crippen LogP contribution in [-0.4, -0.2) is 43.9 Å². The molecule has 4 fully saturated rings. The van der Waals surface area contributed by atoms with Crippen molar-refractivity contribution in [3.8, 4) is 11.5 Å². The number of hydrogen-bond donors (Lipinski definition) is 3. The van der Waals surface area contributed by atoms with Gasteiger partial charge in [-0.05, 0) is 79.9 Å². The van der Waals surface area contributed by atoms with Crippen LogP contribution in [0.15, 0.2) is 48.5 Å². The normalized spacial score (nSPS) is 27.4. The maximum absolute atomic E-state index is 12.9. The van der Waals surface area contributed by atoms with E-state index in [4.69, 9.17) is 9.47 Å². The Hall–Kier alpha value is -2.57. The number of carbonyl (C=O) groups excluding carboxylic acids is 1. The van der Waals surface area contributed by atoms with Gasteiger partial charge in [0.2, 0.25) is 0 Å². The van der Waals surface area contributed by atoms with Crippen LogP contribution in [0.2, 0.25) is 0 Å². The second kappa shape index (κ2) is 10.6. The molecule has 4 aliphatic rings. The summed E-state index contributed by atoms with van der Waals surface area (Å²) in [6.45, 7) is 2.00. The van der Waals surface area contributed by atoms with Crippen molar-refractivity contribution < 1.29 is 19.4 Å². The summed E-state index contributed by atoms with van der Waals surface area (Å²) in [7, 11) is 1.62. The first kappa shape index (κ1) is 24.1. The van der Waals surface area contributed by atoms with Crippen molar-refractivity contribution in [2.24, 2.45) is 23.2 Å². The van der Waals surface area contributed by atoms with E-state index in [-0.39, 0.29) is 12.5 Å². The first-order valence-electron chi connectivity index (χ1n) is 13.0. The maximum atomic E-state index is 12.9. The van der Waals surface area contributed by atoms with Gasteiger partial charge in [0.1, 0.15) is 24.2 Å².